The van der Waals surface area contributed by atoms with Crippen molar-refractivity contribution in [3.05, 3.63) is 41.5 Å². The number of aryl methyl sites for hydroxylation is 1. The van der Waals surface area contributed by atoms with Gasteiger partial charge in [0.15, 0.2) is 5.78 Å². The van der Waals surface area contributed by atoms with Crippen molar-refractivity contribution in [1.29, 1.82) is 0 Å². The van der Waals surface area contributed by atoms with E-state index in [1.54, 1.807) is 12.1 Å². The summed E-state index contributed by atoms with van der Waals surface area (Å²) in [4.78, 5) is 38.9. The maximum absolute atomic E-state index is 12.8. The van der Waals surface area contributed by atoms with Gasteiger partial charge in [-0.3, -0.25) is 14.4 Å². The number of fused-ring (bicyclic) bond motifs is 5. The highest BCUT2D eigenvalue weighted by molar-refractivity contribution is 6.24. The van der Waals surface area contributed by atoms with Crippen LogP contribution in [0.2, 0.25) is 0 Å². The molecule has 0 aromatic heterocycles. The monoisotopic (exact) mass is 295 g/mol. The Labute approximate surface area is 128 Å². The number of benzene rings is 1. The van der Waals surface area contributed by atoms with Gasteiger partial charge in [-0.15, -0.1) is 0 Å². The standard InChI is InChI=1S/C18H17NO3/c1-9-4-3-5-13(14(9)10(2)20)19-17(21)15-11-6-7-12(8-11)16(15)18(19)22/h3-7,11-12,15-16H,8H2,1-2H3/t11-,12+,15+,16-. The molecule has 0 unspecified atom stereocenters. The minimum atomic E-state index is -0.233. The maximum atomic E-state index is 12.8. The summed E-state index contributed by atoms with van der Waals surface area (Å²) in [6, 6.07) is 5.33. The van der Waals surface area contributed by atoms with Gasteiger partial charge in [-0.05, 0) is 43.7 Å². The summed E-state index contributed by atoms with van der Waals surface area (Å²) in [5.74, 6) is -0.499. The zero-order chi connectivity index (χ0) is 15.6. The van der Waals surface area contributed by atoms with Crippen molar-refractivity contribution >= 4 is 23.3 Å². The van der Waals surface area contributed by atoms with Crippen molar-refractivity contribution in [3.8, 4) is 0 Å². The first-order valence-corrected chi connectivity index (χ1v) is 7.67. The van der Waals surface area contributed by atoms with Crippen molar-refractivity contribution in [2.75, 3.05) is 4.90 Å². The Hall–Kier alpha value is -2.23. The first-order chi connectivity index (χ1) is 10.5. The second-order valence-electron chi connectivity index (χ2n) is 6.54. The van der Waals surface area contributed by atoms with Crippen molar-refractivity contribution < 1.29 is 14.4 Å². The van der Waals surface area contributed by atoms with Gasteiger partial charge in [0.25, 0.3) is 0 Å². The predicted octanol–water partition coefficient (Wildman–Crippen LogP) is 2.51. The highest BCUT2D eigenvalue weighted by atomic mass is 16.2. The summed E-state index contributed by atoms with van der Waals surface area (Å²) < 4.78 is 0. The summed E-state index contributed by atoms with van der Waals surface area (Å²) in [5.41, 5.74) is 1.73. The van der Waals surface area contributed by atoms with Crippen LogP contribution in [0.25, 0.3) is 0 Å². The molecule has 1 aromatic carbocycles. The van der Waals surface area contributed by atoms with Gasteiger partial charge in [0.1, 0.15) is 0 Å². The lowest BCUT2D eigenvalue weighted by atomic mass is 9.85. The van der Waals surface area contributed by atoms with Crippen LogP contribution in [0.4, 0.5) is 5.69 Å². The molecule has 0 spiro atoms. The number of imide groups is 1. The zero-order valence-corrected chi connectivity index (χ0v) is 12.6. The number of hydrogen-bond donors (Lipinski definition) is 0. The van der Waals surface area contributed by atoms with Crippen LogP contribution in [0.15, 0.2) is 30.4 Å². The van der Waals surface area contributed by atoms with E-state index in [0.717, 1.165) is 12.0 Å². The van der Waals surface area contributed by atoms with E-state index in [0.29, 0.717) is 11.3 Å². The third-order valence-corrected chi connectivity index (χ3v) is 5.31. The van der Waals surface area contributed by atoms with Gasteiger partial charge in [-0.1, -0.05) is 24.3 Å². The third-order valence-electron chi connectivity index (χ3n) is 5.31. The van der Waals surface area contributed by atoms with Gasteiger partial charge < -0.3 is 0 Å². The van der Waals surface area contributed by atoms with Gasteiger partial charge in [0.05, 0.1) is 17.5 Å². The van der Waals surface area contributed by atoms with Crippen LogP contribution in [0.3, 0.4) is 0 Å². The summed E-state index contributed by atoms with van der Waals surface area (Å²) in [7, 11) is 0. The van der Waals surface area contributed by atoms with E-state index in [-0.39, 0.29) is 41.3 Å². The number of carbonyl (C=O) groups excluding carboxylic acids is 3. The molecule has 0 N–H and O–H groups in total. The molecule has 1 heterocycles. The molecule has 1 aliphatic heterocycles. The normalized spacial score (nSPS) is 32.0. The Morgan fingerprint density at radius 2 is 1.68 bits per heavy atom. The van der Waals surface area contributed by atoms with Crippen LogP contribution < -0.4 is 4.90 Å². The Morgan fingerprint density at radius 1 is 1.09 bits per heavy atom. The Kier molecular flexibility index (Phi) is 2.68. The number of amides is 2. The molecular formula is C18H17NO3. The topological polar surface area (TPSA) is 54.5 Å². The second-order valence-corrected chi connectivity index (χ2v) is 6.54. The first kappa shape index (κ1) is 13.4. The average Bonchev–Trinajstić information content (AvgIpc) is 3.12. The fourth-order valence-corrected chi connectivity index (χ4v) is 4.44. The van der Waals surface area contributed by atoms with E-state index in [1.165, 1.54) is 11.8 Å². The van der Waals surface area contributed by atoms with E-state index < -0.39 is 0 Å². The lowest BCUT2D eigenvalue weighted by Crippen LogP contribution is -2.34. The van der Waals surface area contributed by atoms with Crippen LogP contribution in [-0.2, 0) is 9.59 Å². The lowest BCUT2D eigenvalue weighted by Gasteiger charge is -2.20. The maximum Gasteiger partial charge on any atom is 0.238 e. The number of hydrogen-bond acceptors (Lipinski definition) is 3. The van der Waals surface area contributed by atoms with Gasteiger partial charge >= 0.3 is 0 Å². The summed E-state index contributed by atoms with van der Waals surface area (Å²) >= 11 is 0. The molecule has 4 nitrogen and oxygen atoms in total. The molecule has 2 fully saturated rings. The molecule has 4 atom stereocenters. The van der Waals surface area contributed by atoms with Crippen molar-refractivity contribution in [2.24, 2.45) is 23.7 Å². The van der Waals surface area contributed by atoms with Crippen LogP contribution >= 0.6 is 0 Å². The molecule has 4 rings (SSSR count). The quantitative estimate of drug-likeness (QED) is 0.478. The lowest BCUT2D eigenvalue weighted by molar-refractivity contribution is -0.123. The van der Waals surface area contributed by atoms with Gasteiger partial charge in [-0.2, -0.15) is 0 Å². The Morgan fingerprint density at radius 3 is 2.23 bits per heavy atom. The molecule has 1 saturated carbocycles. The zero-order valence-electron chi connectivity index (χ0n) is 12.6. The second kappa shape index (κ2) is 4.38. The van der Waals surface area contributed by atoms with Crippen molar-refractivity contribution in [1.82, 2.24) is 0 Å². The molecule has 2 bridgehead atoms. The number of allylic oxidation sites excluding steroid dienone is 2. The Balaban J connectivity index is 1.83. The highest BCUT2D eigenvalue weighted by Crippen LogP contribution is 2.53. The molecular weight excluding hydrogens is 278 g/mol. The number of rotatable bonds is 2. The van der Waals surface area contributed by atoms with E-state index in [9.17, 15) is 14.4 Å². The van der Waals surface area contributed by atoms with Gasteiger partial charge in [0, 0.05) is 5.56 Å². The van der Waals surface area contributed by atoms with E-state index in [4.69, 9.17) is 0 Å². The fourth-order valence-electron chi connectivity index (χ4n) is 4.44. The number of ketones is 1. The number of anilines is 1. The van der Waals surface area contributed by atoms with Crippen LogP contribution in [0.5, 0.6) is 0 Å². The smallest absolute Gasteiger partial charge is 0.238 e. The van der Waals surface area contributed by atoms with Crippen LogP contribution in [-0.4, -0.2) is 17.6 Å². The minimum absolute atomic E-state index is 0.119. The fraction of sp³-hybridized carbons (Fsp3) is 0.389. The third kappa shape index (κ3) is 1.55. The molecule has 1 saturated heterocycles. The molecule has 22 heavy (non-hydrogen) atoms. The molecule has 2 amide bonds. The molecule has 0 radical (unpaired) electrons. The van der Waals surface area contributed by atoms with Crippen LogP contribution in [0.1, 0.15) is 29.3 Å². The van der Waals surface area contributed by atoms with Gasteiger partial charge in [0.2, 0.25) is 11.8 Å². The summed E-state index contributed by atoms with van der Waals surface area (Å²) in [5, 5.41) is 0. The number of carbonyl (C=O) groups is 3. The average molecular weight is 295 g/mol. The van der Waals surface area contributed by atoms with E-state index >= 15 is 0 Å². The highest BCUT2D eigenvalue weighted by Gasteiger charge is 2.59. The minimum Gasteiger partial charge on any atom is -0.294 e. The van der Waals surface area contributed by atoms with E-state index in [1.807, 2.05) is 13.0 Å². The molecule has 3 aliphatic rings. The molecule has 4 heteroatoms. The number of Topliss-reactive ketones (excluding diaryl/α,β-unsaturated/α-hetero) is 1. The Bertz CT molecular complexity index is 719. The van der Waals surface area contributed by atoms with Crippen molar-refractivity contribution in [2.45, 2.75) is 20.3 Å². The molecule has 1 aromatic rings. The largest absolute Gasteiger partial charge is 0.294 e. The van der Waals surface area contributed by atoms with E-state index in [2.05, 4.69) is 12.2 Å². The van der Waals surface area contributed by atoms with Crippen LogP contribution in [0, 0.1) is 30.6 Å². The van der Waals surface area contributed by atoms with Crippen molar-refractivity contribution in [3.63, 3.8) is 0 Å². The predicted molar refractivity (Wildman–Crippen MR) is 81.4 cm³/mol. The molecule has 112 valence electrons. The summed E-state index contributed by atoms with van der Waals surface area (Å²) in [6.45, 7) is 3.31. The first-order valence-electron chi connectivity index (χ1n) is 7.67. The SMILES string of the molecule is CC(=O)c1c(C)cccc1N1C(=O)[C@@H]2[C@H](C1=O)[C@H]1C=C[C@@H]2C1. The van der Waals surface area contributed by atoms with Gasteiger partial charge in [-0.25, -0.2) is 4.90 Å². The number of nitrogens with zero attached hydrogens (tertiary/aromatic N) is 1. The summed E-state index contributed by atoms with van der Waals surface area (Å²) in [6.07, 6.45) is 5.05. The molecule has 2 aliphatic carbocycles.